The predicted octanol–water partition coefficient (Wildman–Crippen LogP) is 0.391. The van der Waals surface area contributed by atoms with Crippen LogP contribution >= 0.6 is 0 Å². The summed E-state index contributed by atoms with van der Waals surface area (Å²) in [5.41, 5.74) is -0.546. The van der Waals surface area contributed by atoms with E-state index in [-0.39, 0.29) is 5.97 Å². The molecule has 0 aromatic heterocycles. The molecule has 0 aromatic carbocycles. The van der Waals surface area contributed by atoms with Gasteiger partial charge in [-0.15, -0.1) is 0 Å². The van der Waals surface area contributed by atoms with E-state index in [0.717, 1.165) is 13.0 Å². The maximum Gasteiger partial charge on any atom is 0.327 e. The highest BCUT2D eigenvalue weighted by Gasteiger charge is 2.51. The third-order valence-electron chi connectivity index (χ3n) is 4.02. The molecule has 0 bridgehead atoms. The van der Waals surface area contributed by atoms with Crippen molar-refractivity contribution in [2.75, 3.05) is 33.9 Å². The normalized spacial score (nSPS) is 32.7. The number of methoxy groups -OCH3 is 2. The number of carbonyl (C=O) groups excluding carboxylic acids is 1. The van der Waals surface area contributed by atoms with Crippen LogP contribution in [-0.2, 0) is 14.3 Å². The maximum absolute atomic E-state index is 12.1. The Hall–Kier alpha value is -0.650. The van der Waals surface area contributed by atoms with Gasteiger partial charge in [0.05, 0.1) is 13.7 Å². The molecule has 5 heteroatoms. The lowest BCUT2D eigenvalue weighted by molar-refractivity contribution is -0.148. The molecule has 0 spiro atoms. The van der Waals surface area contributed by atoms with Gasteiger partial charge in [0, 0.05) is 32.3 Å². The molecular formula is C13H24N2O3. The van der Waals surface area contributed by atoms with E-state index < -0.39 is 5.54 Å². The first-order valence-electron chi connectivity index (χ1n) is 6.71. The SMILES string of the molecule is COCCNC1(C(=O)OC)CC(C)N(C2CC2)C1. The van der Waals surface area contributed by atoms with E-state index in [0.29, 0.717) is 25.2 Å². The Balaban J connectivity index is 2.03. The van der Waals surface area contributed by atoms with Gasteiger partial charge < -0.3 is 9.47 Å². The van der Waals surface area contributed by atoms with Crippen LogP contribution in [0.2, 0.25) is 0 Å². The number of hydrogen-bond acceptors (Lipinski definition) is 5. The van der Waals surface area contributed by atoms with Gasteiger partial charge in [0.2, 0.25) is 0 Å². The van der Waals surface area contributed by atoms with Crippen molar-refractivity contribution in [3.05, 3.63) is 0 Å². The highest BCUT2D eigenvalue weighted by Crippen LogP contribution is 2.37. The number of carbonyl (C=O) groups is 1. The summed E-state index contributed by atoms with van der Waals surface area (Å²) in [4.78, 5) is 14.6. The van der Waals surface area contributed by atoms with Crippen molar-refractivity contribution >= 4 is 5.97 Å². The van der Waals surface area contributed by atoms with Crippen LogP contribution in [0, 0.1) is 0 Å². The standard InChI is InChI=1S/C13H24N2O3/c1-10-8-13(12(16)18-3,14-6-7-17-2)9-15(10)11-4-5-11/h10-11,14H,4-9H2,1-3H3. The first-order valence-corrected chi connectivity index (χ1v) is 6.71. The minimum Gasteiger partial charge on any atom is -0.468 e. The number of esters is 1. The molecule has 1 saturated heterocycles. The first-order chi connectivity index (χ1) is 8.63. The molecule has 2 atom stereocenters. The first kappa shape index (κ1) is 13.8. The van der Waals surface area contributed by atoms with E-state index in [2.05, 4.69) is 17.1 Å². The van der Waals surface area contributed by atoms with E-state index >= 15 is 0 Å². The molecule has 0 aromatic rings. The maximum atomic E-state index is 12.1. The summed E-state index contributed by atoms with van der Waals surface area (Å²) in [7, 11) is 3.13. The summed E-state index contributed by atoms with van der Waals surface area (Å²) in [6, 6.07) is 1.11. The minimum absolute atomic E-state index is 0.145. The van der Waals surface area contributed by atoms with E-state index in [1.807, 2.05) is 0 Å². The fraction of sp³-hybridized carbons (Fsp3) is 0.923. The molecular weight excluding hydrogens is 232 g/mol. The molecule has 5 nitrogen and oxygen atoms in total. The lowest BCUT2D eigenvalue weighted by Gasteiger charge is -2.27. The Labute approximate surface area is 109 Å². The lowest BCUT2D eigenvalue weighted by atomic mass is 9.96. The summed E-state index contributed by atoms with van der Waals surface area (Å²) in [6.07, 6.45) is 3.35. The number of ether oxygens (including phenoxy) is 2. The summed E-state index contributed by atoms with van der Waals surface area (Å²) in [5, 5.41) is 3.35. The van der Waals surface area contributed by atoms with Crippen molar-refractivity contribution in [2.45, 2.75) is 43.8 Å². The Morgan fingerprint density at radius 3 is 2.72 bits per heavy atom. The van der Waals surface area contributed by atoms with Crippen LogP contribution < -0.4 is 5.32 Å². The molecule has 1 aliphatic carbocycles. The highest BCUT2D eigenvalue weighted by molar-refractivity contribution is 5.81. The number of rotatable bonds is 6. The Morgan fingerprint density at radius 2 is 2.17 bits per heavy atom. The van der Waals surface area contributed by atoms with Crippen LogP contribution in [0.1, 0.15) is 26.2 Å². The van der Waals surface area contributed by atoms with Crippen LogP contribution in [-0.4, -0.2) is 62.4 Å². The van der Waals surface area contributed by atoms with Gasteiger partial charge in [0.15, 0.2) is 0 Å². The number of nitrogens with one attached hydrogen (secondary N) is 1. The van der Waals surface area contributed by atoms with Gasteiger partial charge in [0.1, 0.15) is 5.54 Å². The zero-order valence-corrected chi connectivity index (χ0v) is 11.6. The quantitative estimate of drug-likeness (QED) is 0.550. The van der Waals surface area contributed by atoms with Crippen molar-refractivity contribution in [3.8, 4) is 0 Å². The number of likely N-dealkylation sites (tertiary alicyclic amines) is 1. The van der Waals surface area contributed by atoms with Gasteiger partial charge in [-0.3, -0.25) is 15.0 Å². The Bertz CT molecular complexity index is 307. The second-order valence-electron chi connectivity index (χ2n) is 5.45. The van der Waals surface area contributed by atoms with Crippen molar-refractivity contribution in [1.82, 2.24) is 10.2 Å². The van der Waals surface area contributed by atoms with Gasteiger partial charge in [-0.05, 0) is 26.2 Å². The average Bonchev–Trinajstić information content (AvgIpc) is 3.14. The van der Waals surface area contributed by atoms with Crippen LogP contribution in [0.4, 0.5) is 0 Å². The lowest BCUT2D eigenvalue weighted by Crippen LogP contribution is -2.55. The van der Waals surface area contributed by atoms with Crippen LogP contribution in [0.3, 0.4) is 0 Å². The monoisotopic (exact) mass is 256 g/mol. The second-order valence-corrected chi connectivity index (χ2v) is 5.45. The van der Waals surface area contributed by atoms with Gasteiger partial charge in [-0.25, -0.2) is 0 Å². The van der Waals surface area contributed by atoms with Crippen molar-refractivity contribution < 1.29 is 14.3 Å². The Morgan fingerprint density at radius 1 is 1.44 bits per heavy atom. The van der Waals surface area contributed by atoms with Crippen LogP contribution in [0.25, 0.3) is 0 Å². The molecule has 1 saturated carbocycles. The topological polar surface area (TPSA) is 50.8 Å². The van der Waals surface area contributed by atoms with Crippen molar-refractivity contribution in [2.24, 2.45) is 0 Å². The molecule has 2 fully saturated rings. The van der Waals surface area contributed by atoms with Gasteiger partial charge in [-0.2, -0.15) is 0 Å². The van der Waals surface area contributed by atoms with Crippen LogP contribution in [0.15, 0.2) is 0 Å². The van der Waals surface area contributed by atoms with Gasteiger partial charge in [-0.1, -0.05) is 0 Å². The van der Waals surface area contributed by atoms with Gasteiger partial charge >= 0.3 is 5.97 Å². The third-order valence-corrected chi connectivity index (χ3v) is 4.02. The average molecular weight is 256 g/mol. The van der Waals surface area contributed by atoms with Gasteiger partial charge in [0.25, 0.3) is 0 Å². The zero-order valence-electron chi connectivity index (χ0n) is 11.6. The van der Waals surface area contributed by atoms with E-state index in [1.165, 1.54) is 20.0 Å². The zero-order chi connectivity index (χ0) is 13.2. The molecule has 2 rings (SSSR count). The molecule has 1 N–H and O–H groups in total. The molecule has 0 amide bonds. The highest BCUT2D eigenvalue weighted by atomic mass is 16.5. The molecule has 104 valence electrons. The molecule has 1 heterocycles. The molecule has 0 radical (unpaired) electrons. The Kier molecular flexibility index (Phi) is 4.25. The molecule has 2 aliphatic rings. The number of hydrogen-bond donors (Lipinski definition) is 1. The fourth-order valence-corrected chi connectivity index (χ4v) is 2.98. The summed E-state index contributed by atoms with van der Waals surface area (Å²) >= 11 is 0. The van der Waals surface area contributed by atoms with Crippen molar-refractivity contribution in [3.63, 3.8) is 0 Å². The summed E-state index contributed by atoms with van der Waals surface area (Å²) in [6.45, 7) is 4.24. The number of nitrogens with zero attached hydrogens (tertiary/aromatic N) is 1. The molecule has 2 unspecified atom stereocenters. The van der Waals surface area contributed by atoms with E-state index in [4.69, 9.17) is 9.47 Å². The van der Waals surface area contributed by atoms with E-state index in [1.54, 1.807) is 7.11 Å². The molecule has 18 heavy (non-hydrogen) atoms. The largest absolute Gasteiger partial charge is 0.468 e. The van der Waals surface area contributed by atoms with E-state index in [9.17, 15) is 4.79 Å². The van der Waals surface area contributed by atoms with Crippen LogP contribution in [0.5, 0.6) is 0 Å². The predicted molar refractivity (Wildman–Crippen MR) is 68.4 cm³/mol. The fourth-order valence-electron chi connectivity index (χ4n) is 2.98. The summed E-state index contributed by atoms with van der Waals surface area (Å²) in [5.74, 6) is -0.145. The van der Waals surface area contributed by atoms with Crippen molar-refractivity contribution in [1.29, 1.82) is 0 Å². The summed E-state index contributed by atoms with van der Waals surface area (Å²) < 4.78 is 10.0. The third kappa shape index (κ3) is 2.68. The smallest absolute Gasteiger partial charge is 0.327 e. The molecule has 1 aliphatic heterocycles. The minimum atomic E-state index is -0.546. The second kappa shape index (κ2) is 5.55.